The van der Waals surface area contributed by atoms with Crippen molar-refractivity contribution in [1.82, 2.24) is 10.2 Å². The average molecular weight is 428 g/mol. The van der Waals surface area contributed by atoms with Gasteiger partial charge in [-0.15, -0.1) is 0 Å². The van der Waals surface area contributed by atoms with Crippen LogP contribution in [0.25, 0.3) is 11.1 Å². The van der Waals surface area contributed by atoms with Crippen molar-refractivity contribution in [2.75, 3.05) is 13.2 Å². The van der Waals surface area contributed by atoms with Gasteiger partial charge in [0, 0.05) is 0 Å². The number of nitrogens with zero attached hydrogens (tertiary/aromatic N) is 1. The number of hydrogen-bond donors (Lipinski definition) is 2. The molecule has 2 N–H and O–H groups in total. The van der Waals surface area contributed by atoms with Crippen LogP contribution in [0.5, 0.6) is 5.75 Å². The molecule has 5 rings (SSSR count). The maximum atomic E-state index is 13.2. The maximum absolute atomic E-state index is 13.2. The van der Waals surface area contributed by atoms with Crippen molar-refractivity contribution in [2.24, 2.45) is 0 Å². The molecule has 1 aliphatic carbocycles. The van der Waals surface area contributed by atoms with Gasteiger partial charge >= 0.3 is 6.03 Å². The number of fused-ring (bicyclic) bond motifs is 2. The maximum Gasteiger partial charge on any atom is 0.325 e. The molecule has 0 aromatic heterocycles. The van der Waals surface area contributed by atoms with Gasteiger partial charge in [0.05, 0.1) is 6.54 Å². The van der Waals surface area contributed by atoms with E-state index in [0.717, 1.165) is 33.6 Å². The van der Waals surface area contributed by atoms with E-state index in [1.54, 1.807) is 0 Å². The first-order valence-electron chi connectivity index (χ1n) is 10.8. The number of hydrogen-bond acceptors (Lipinski definition) is 4. The minimum atomic E-state index is -1.01. The highest BCUT2D eigenvalue weighted by molar-refractivity contribution is 6.08. The van der Waals surface area contributed by atoms with E-state index < -0.39 is 17.7 Å². The lowest BCUT2D eigenvalue weighted by molar-refractivity contribution is -0.132. The Morgan fingerprint density at radius 1 is 0.938 bits per heavy atom. The van der Waals surface area contributed by atoms with Gasteiger partial charge in [0.1, 0.15) is 24.0 Å². The molecular weight excluding hydrogens is 404 g/mol. The van der Waals surface area contributed by atoms with E-state index >= 15 is 0 Å². The summed E-state index contributed by atoms with van der Waals surface area (Å²) in [6.45, 7) is -0.137. The van der Waals surface area contributed by atoms with E-state index in [0.29, 0.717) is 12.2 Å². The van der Waals surface area contributed by atoms with Gasteiger partial charge in [-0.1, -0.05) is 66.7 Å². The number of benzene rings is 3. The molecule has 0 saturated carbocycles. The van der Waals surface area contributed by atoms with Gasteiger partial charge in [-0.25, -0.2) is 4.79 Å². The summed E-state index contributed by atoms with van der Waals surface area (Å²) in [6, 6.07) is 24.8. The molecule has 6 nitrogen and oxygen atoms in total. The molecule has 3 aromatic rings. The van der Waals surface area contributed by atoms with E-state index in [2.05, 4.69) is 5.32 Å². The molecule has 162 valence electrons. The summed E-state index contributed by atoms with van der Waals surface area (Å²) in [5.41, 5.74) is 3.09. The molecule has 2 unspecified atom stereocenters. The number of ether oxygens (including phenoxy) is 1. The smallest absolute Gasteiger partial charge is 0.325 e. The lowest BCUT2D eigenvalue weighted by atomic mass is 9.92. The number of aliphatic hydroxyl groups excluding tert-OH is 1. The molecular formula is C26H24N2O4. The zero-order chi connectivity index (χ0) is 22.1. The van der Waals surface area contributed by atoms with Gasteiger partial charge in [-0.05, 0) is 47.2 Å². The third-order valence-corrected chi connectivity index (χ3v) is 6.22. The number of carbonyl (C=O) groups excluding carboxylic acids is 2. The molecule has 1 fully saturated rings. The van der Waals surface area contributed by atoms with E-state index in [9.17, 15) is 14.7 Å². The molecule has 6 heteroatoms. The number of aliphatic hydroxyl groups is 1. The summed E-state index contributed by atoms with van der Waals surface area (Å²) in [5, 5.41) is 13.3. The number of carbonyl (C=O) groups is 2. The first kappa shape index (κ1) is 20.3. The Balaban J connectivity index is 1.21. The fourth-order valence-electron chi connectivity index (χ4n) is 4.59. The Kier molecular flexibility index (Phi) is 5.15. The largest absolute Gasteiger partial charge is 0.491 e. The summed E-state index contributed by atoms with van der Waals surface area (Å²) < 4.78 is 5.69. The van der Waals surface area contributed by atoms with Crippen molar-refractivity contribution in [3.8, 4) is 16.9 Å². The van der Waals surface area contributed by atoms with Crippen LogP contribution < -0.4 is 10.1 Å². The van der Waals surface area contributed by atoms with Crippen molar-refractivity contribution in [1.29, 1.82) is 0 Å². The van der Waals surface area contributed by atoms with E-state index in [1.807, 2.05) is 78.9 Å². The second-order valence-electron chi connectivity index (χ2n) is 8.26. The SMILES string of the molecule is O=C1NC2(CCc3ccccc32)C(=O)N1CC(O)COc1ccc(-c2ccccc2)cc1. The Morgan fingerprint density at radius 2 is 1.62 bits per heavy atom. The molecule has 1 spiro atoms. The summed E-state index contributed by atoms with van der Waals surface area (Å²) in [5.74, 6) is 0.306. The standard InChI is InChI=1S/C26H24N2O4/c29-21(17-32-22-12-10-19(11-13-22)18-6-2-1-3-7-18)16-28-24(30)26(27-25(28)31)15-14-20-8-4-5-9-23(20)26/h1-13,21,29H,14-17H2,(H,27,31). The summed E-state index contributed by atoms with van der Waals surface area (Å²) >= 11 is 0. The highest BCUT2D eigenvalue weighted by Crippen LogP contribution is 2.41. The Hall–Kier alpha value is -3.64. The second-order valence-corrected chi connectivity index (χ2v) is 8.26. The predicted molar refractivity (Wildman–Crippen MR) is 120 cm³/mol. The zero-order valence-electron chi connectivity index (χ0n) is 17.5. The topological polar surface area (TPSA) is 78.9 Å². The van der Waals surface area contributed by atoms with Crippen LogP contribution in [0, 0.1) is 0 Å². The first-order valence-corrected chi connectivity index (χ1v) is 10.8. The van der Waals surface area contributed by atoms with Crippen LogP contribution in [0.1, 0.15) is 17.5 Å². The summed E-state index contributed by atoms with van der Waals surface area (Å²) in [7, 11) is 0. The molecule has 3 aromatic carbocycles. The van der Waals surface area contributed by atoms with Crippen molar-refractivity contribution in [3.05, 3.63) is 90.0 Å². The van der Waals surface area contributed by atoms with Gasteiger partial charge < -0.3 is 15.2 Å². The van der Waals surface area contributed by atoms with Gasteiger partial charge in [-0.2, -0.15) is 0 Å². The van der Waals surface area contributed by atoms with Crippen LogP contribution >= 0.6 is 0 Å². The molecule has 0 radical (unpaired) electrons. The minimum Gasteiger partial charge on any atom is -0.491 e. The number of amides is 3. The van der Waals surface area contributed by atoms with Crippen molar-refractivity contribution < 1.29 is 19.4 Å². The molecule has 1 aliphatic heterocycles. The monoisotopic (exact) mass is 428 g/mol. The number of aryl methyl sites for hydroxylation is 1. The van der Waals surface area contributed by atoms with E-state index in [4.69, 9.17) is 4.74 Å². The molecule has 2 aliphatic rings. The molecule has 32 heavy (non-hydrogen) atoms. The van der Waals surface area contributed by atoms with E-state index in [1.165, 1.54) is 0 Å². The van der Waals surface area contributed by atoms with Gasteiger partial charge in [0.25, 0.3) is 5.91 Å². The molecule has 2 atom stereocenters. The highest BCUT2D eigenvalue weighted by Gasteiger charge is 2.55. The van der Waals surface area contributed by atoms with Crippen LogP contribution in [0.3, 0.4) is 0 Å². The first-order chi connectivity index (χ1) is 15.6. The Morgan fingerprint density at radius 3 is 2.41 bits per heavy atom. The second kappa shape index (κ2) is 8.13. The van der Waals surface area contributed by atoms with Crippen LogP contribution in [0.2, 0.25) is 0 Å². The van der Waals surface area contributed by atoms with Crippen molar-refractivity contribution >= 4 is 11.9 Å². The van der Waals surface area contributed by atoms with E-state index in [-0.39, 0.29) is 19.1 Å². The average Bonchev–Trinajstić information content (AvgIpc) is 3.31. The van der Waals surface area contributed by atoms with Gasteiger partial charge in [-0.3, -0.25) is 9.69 Å². The number of rotatable bonds is 6. The third kappa shape index (κ3) is 3.52. The van der Waals surface area contributed by atoms with Crippen molar-refractivity contribution in [3.63, 3.8) is 0 Å². The fraction of sp³-hybridized carbons (Fsp3) is 0.231. The van der Waals surface area contributed by atoms with Crippen LogP contribution in [-0.2, 0) is 16.8 Å². The summed E-state index contributed by atoms with van der Waals surface area (Å²) in [4.78, 5) is 26.9. The van der Waals surface area contributed by atoms with Crippen molar-refractivity contribution in [2.45, 2.75) is 24.5 Å². The molecule has 0 bridgehead atoms. The van der Waals surface area contributed by atoms with Crippen LogP contribution in [0.4, 0.5) is 4.79 Å². The third-order valence-electron chi connectivity index (χ3n) is 6.22. The molecule has 1 saturated heterocycles. The van der Waals surface area contributed by atoms with Gasteiger partial charge in [0.15, 0.2) is 0 Å². The highest BCUT2D eigenvalue weighted by atomic mass is 16.5. The van der Waals surface area contributed by atoms with Crippen LogP contribution in [-0.4, -0.2) is 41.2 Å². The molecule has 3 amide bonds. The van der Waals surface area contributed by atoms with Gasteiger partial charge in [0.2, 0.25) is 0 Å². The lowest BCUT2D eigenvalue weighted by Crippen LogP contribution is -2.43. The minimum absolute atomic E-state index is 0.0225. The Labute approximate surface area is 186 Å². The predicted octanol–water partition coefficient (Wildman–Crippen LogP) is 3.49. The summed E-state index contributed by atoms with van der Waals surface area (Å²) in [6.07, 6.45) is 0.277. The zero-order valence-corrected chi connectivity index (χ0v) is 17.5. The normalized spacial score (nSPS) is 20.3. The number of nitrogens with one attached hydrogen (secondary N) is 1. The fourth-order valence-corrected chi connectivity index (χ4v) is 4.59. The Bertz CT molecular complexity index is 1150. The van der Waals surface area contributed by atoms with Crippen LogP contribution in [0.15, 0.2) is 78.9 Å². The quantitative estimate of drug-likeness (QED) is 0.589. The number of urea groups is 1. The number of β-amino-alcohol motifs (C(OH)–C–C–N with tert-alkyl or cyclic N) is 1. The number of imide groups is 1. The lowest BCUT2D eigenvalue weighted by Gasteiger charge is -2.23. The molecule has 1 heterocycles.